The molecule has 138 valence electrons. The first-order valence-corrected chi connectivity index (χ1v) is 9.16. The molecule has 0 amide bonds. The molecular weight excluding hydrogens is 320 g/mol. The maximum atomic E-state index is 5.98. The van der Waals surface area contributed by atoms with Gasteiger partial charge in [-0.05, 0) is 30.7 Å². The Labute approximate surface area is 149 Å². The number of methoxy groups -OCH3 is 1. The van der Waals surface area contributed by atoms with Crippen LogP contribution in [0.15, 0.2) is 18.2 Å². The lowest BCUT2D eigenvalue weighted by molar-refractivity contribution is 0.0682. The van der Waals surface area contributed by atoms with E-state index in [2.05, 4.69) is 21.9 Å². The van der Waals surface area contributed by atoms with Crippen LogP contribution in [0.3, 0.4) is 0 Å². The Morgan fingerprint density at radius 2 is 2.00 bits per heavy atom. The maximum Gasteiger partial charge on any atom is 0.231 e. The average Bonchev–Trinajstić information content (AvgIpc) is 3.18. The van der Waals surface area contributed by atoms with E-state index < -0.39 is 0 Å². The molecule has 0 aromatic heterocycles. The zero-order valence-corrected chi connectivity index (χ0v) is 15.0. The van der Waals surface area contributed by atoms with Gasteiger partial charge < -0.3 is 23.8 Å². The fourth-order valence-corrected chi connectivity index (χ4v) is 4.20. The molecule has 6 heteroatoms. The molecule has 1 aromatic carbocycles. The van der Waals surface area contributed by atoms with Gasteiger partial charge >= 0.3 is 0 Å². The van der Waals surface area contributed by atoms with Gasteiger partial charge in [-0.2, -0.15) is 0 Å². The number of hydrogen-bond acceptors (Lipinski definition) is 6. The van der Waals surface area contributed by atoms with Crippen LogP contribution in [-0.4, -0.2) is 76.2 Å². The van der Waals surface area contributed by atoms with Crippen LogP contribution in [0.25, 0.3) is 0 Å². The second kappa shape index (κ2) is 7.50. The van der Waals surface area contributed by atoms with Gasteiger partial charge in [-0.25, -0.2) is 0 Å². The molecule has 6 nitrogen and oxygen atoms in total. The van der Waals surface area contributed by atoms with Gasteiger partial charge in [0.25, 0.3) is 0 Å². The molecule has 1 spiro atoms. The molecule has 25 heavy (non-hydrogen) atoms. The summed E-state index contributed by atoms with van der Waals surface area (Å²) in [5, 5.41) is 0. The first-order chi connectivity index (χ1) is 12.3. The van der Waals surface area contributed by atoms with Crippen molar-refractivity contribution in [2.75, 3.05) is 66.4 Å². The molecule has 1 aromatic rings. The van der Waals surface area contributed by atoms with E-state index in [-0.39, 0.29) is 5.41 Å². The second-order valence-corrected chi connectivity index (χ2v) is 7.47. The van der Waals surface area contributed by atoms with Crippen LogP contribution in [0.1, 0.15) is 12.0 Å². The maximum absolute atomic E-state index is 5.98. The predicted octanol–water partition coefficient (Wildman–Crippen LogP) is 1.59. The van der Waals surface area contributed by atoms with Crippen molar-refractivity contribution in [2.45, 2.75) is 13.0 Å². The van der Waals surface area contributed by atoms with Crippen molar-refractivity contribution in [3.05, 3.63) is 23.8 Å². The summed E-state index contributed by atoms with van der Waals surface area (Å²) in [6.45, 7) is 9.07. The van der Waals surface area contributed by atoms with Gasteiger partial charge in [0.15, 0.2) is 11.5 Å². The van der Waals surface area contributed by atoms with Gasteiger partial charge in [0.05, 0.1) is 19.8 Å². The Balaban J connectivity index is 1.40. The fraction of sp³-hybridized carbons (Fsp3) is 0.684. The highest BCUT2D eigenvalue weighted by molar-refractivity contribution is 5.44. The van der Waals surface area contributed by atoms with Gasteiger partial charge in [-0.3, -0.25) is 4.90 Å². The van der Waals surface area contributed by atoms with E-state index in [1.165, 1.54) is 12.0 Å². The molecular formula is C19H28N2O4. The van der Waals surface area contributed by atoms with Crippen molar-refractivity contribution in [1.82, 2.24) is 9.80 Å². The summed E-state index contributed by atoms with van der Waals surface area (Å²) in [7, 11) is 1.77. The van der Waals surface area contributed by atoms with Crippen LogP contribution in [-0.2, 0) is 16.0 Å². The summed E-state index contributed by atoms with van der Waals surface area (Å²) >= 11 is 0. The lowest BCUT2D eigenvalue weighted by atomic mass is 9.87. The molecule has 0 aliphatic carbocycles. The van der Waals surface area contributed by atoms with Crippen LogP contribution < -0.4 is 9.47 Å². The Morgan fingerprint density at radius 1 is 1.12 bits per heavy atom. The van der Waals surface area contributed by atoms with Crippen molar-refractivity contribution in [2.24, 2.45) is 5.41 Å². The quantitative estimate of drug-likeness (QED) is 0.805. The summed E-state index contributed by atoms with van der Waals surface area (Å²) < 4.78 is 22.1. The van der Waals surface area contributed by atoms with E-state index in [4.69, 9.17) is 18.9 Å². The monoisotopic (exact) mass is 348 g/mol. The highest BCUT2D eigenvalue weighted by Gasteiger charge is 2.40. The highest BCUT2D eigenvalue weighted by atomic mass is 16.7. The molecule has 2 saturated heterocycles. The average molecular weight is 348 g/mol. The predicted molar refractivity (Wildman–Crippen MR) is 94.0 cm³/mol. The minimum atomic E-state index is 0.251. The Morgan fingerprint density at radius 3 is 2.92 bits per heavy atom. The third-order valence-electron chi connectivity index (χ3n) is 5.49. The molecule has 3 aliphatic rings. The molecule has 3 heterocycles. The molecule has 0 bridgehead atoms. The summed E-state index contributed by atoms with van der Waals surface area (Å²) in [6.07, 6.45) is 1.20. The number of likely N-dealkylation sites (tertiary alicyclic amines) is 1. The Bertz CT molecular complexity index is 597. The van der Waals surface area contributed by atoms with Crippen LogP contribution >= 0.6 is 0 Å². The van der Waals surface area contributed by atoms with Crippen molar-refractivity contribution < 1.29 is 18.9 Å². The third-order valence-corrected chi connectivity index (χ3v) is 5.49. The standard InChI is InChI=1S/C19H28N2O4/c1-22-8-6-20-5-4-19(12-20)13-21(7-9-23-14-19)11-16-2-3-17-18(10-16)25-15-24-17/h2-3,10H,4-9,11-15H2,1H3. The van der Waals surface area contributed by atoms with Gasteiger partial charge in [0, 0.05) is 45.2 Å². The van der Waals surface area contributed by atoms with Crippen molar-refractivity contribution >= 4 is 0 Å². The zero-order chi connectivity index (χ0) is 17.1. The molecule has 2 fully saturated rings. The fourth-order valence-electron chi connectivity index (χ4n) is 4.20. The largest absolute Gasteiger partial charge is 0.454 e. The van der Waals surface area contributed by atoms with Gasteiger partial charge in [-0.15, -0.1) is 0 Å². The van der Waals surface area contributed by atoms with Gasteiger partial charge in [0.2, 0.25) is 6.79 Å². The van der Waals surface area contributed by atoms with E-state index in [1.807, 2.05) is 6.07 Å². The zero-order valence-electron chi connectivity index (χ0n) is 15.0. The van der Waals surface area contributed by atoms with E-state index >= 15 is 0 Å². The number of benzene rings is 1. The summed E-state index contributed by atoms with van der Waals surface area (Å²) in [4.78, 5) is 5.04. The van der Waals surface area contributed by atoms with Gasteiger partial charge in [-0.1, -0.05) is 6.07 Å². The topological polar surface area (TPSA) is 43.4 Å². The van der Waals surface area contributed by atoms with Crippen LogP contribution in [0.5, 0.6) is 11.5 Å². The molecule has 0 N–H and O–H groups in total. The van der Waals surface area contributed by atoms with Crippen LogP contribution in [0.4, 0.5) is 0 Å². The smallest absolute Gasteiger partial charge is 0.231 e. The van der Waals surface area contributed by atoms with Crippen molar-refractivity contribution in [1.29, 1.82) is 0 Å². The normalized spacial score (nSPS) is 27.1. The molecule has 4 rings (SSSR count). The van der Waals surface area contributed by atoms with E-state index in [0.29, 0.717) is 6.79 Å². The second-order valence-electron chi connectivity index (χ2n) is 7.47. The van der Waals surface area contributed by atoms with Crippen molar-refractivity contribution in [3.63, 3.8) is 0 Å². The molecule has 1 unspecified atom stereocenters. The first-order valence-electron chi connectivity index (χ1n) is 9.16. The molecule has 1 atom stereocenters. The van der Waals surface area contributed by atoms with Crippen LogP contribution in [0, 0.1) is 5.41 Å². The van der Waals surface area contributed by atoms with E-state index in [9.17, 15) is 0 Å². The minimum absolute atomic E-state index is 0.251. The molecule has 0 saturated carbocycles. The number of nitrogens with zero attached hydrogens (tertiary/aromatic N) is 2. The van der Waals surface area contributed by atoms with E-state index in [0.717, 1.165) is 70.6 Å². The first kappa shape index (κ1) is 17.1. The summed E-state index contributed by atoms with van der Waals surface area (Å²) in [5.74, 6) is 1.72. The highest BCUT2D eigenvalue weighted by Crippen LogP contribution is 2.35. The molecule has 3 aliphatic heterocycles. The Hall–Kier alpha value is -1.34. The number of hydrogen-bond donors (Lipinski definition) is 0. The number of rotatable bonds is 5. The summed E-state index contributed by atoms with van der Waals surface area (Å²) in [5.41, 5.74) is 1.52. The Kier molecular flexibility index (Phi) is 5.12. The van der Waals surface area contributed by atoms with Crippen LogP contribution in [0.2, 0.25) is 0 Å². The van der Waals surface area contributed by atoms with E-state index in [1.54, 1.807) is 7.11 Å². The van der Waals surface area contributed by atoms with Gasteiger partial charge in [0.1, 0.15) is 0 Å². The SMILES string of the molecule is COCCN1CCC2(COCCN(Cc3ccc4c(c3)OCO4)C2)C1. The number of fused-ring (bicyclic) bond motifs is 1. The minimum Gasteiger partial charge on any atom is -0.454 e. The summed E-state index contributed by atoms with van der Waals surface area (Å²) in [6, 6.07) is 6.27. The van der Waals surface area contributed by atoms with Crippen molar-refractivity contribution in [3.8, 4) is 11.5 Å². The number of ether oxygens (including phenoxy) is 4. The lowest BCUT2D eigenvalue weighted by Crippen LogP contribution is -2.40. The third kappa shape index (κ3) is 3.92. The molecule has 0 radical (unpaired) electrons. The lowest BCUT2D eigenvalue weighted by Gasteiger charge is -2.32.